The molecule has 1 heterocycles. The standard InChI is InChI=1S/C20H19N5O6/c1-12-6-13(2)14(3)18(7-12)31-17-9-15(8-16(10-17)24(27)28)21-20(26)11-23-5-4-19(22-23)25(29)30/h4-10H,11H2,1-3H3,(H,21,26). The number of anilines is 1. The van der Waals surface area contributed by atoms with Gasteiger partial charge in [-0.2, -0.15) is 4.68 Å². The maximum atomic E-state index is 12.3. The number of rotatable bonds is 7. The molecule has 0 bridgehead atoms. The zero-order valence-electron chi connectivity index (χ0n) is 17.0. The van der Waals surface area contributed by atoms with Gasteiger partial charge >= 0.3 is 5.82 Å². The Kier molecular flexibility index (Phi) is 5.95. The molecule has 1 amide bonds. The zero-order valence-corrected chi connectivity index (χ0v) is 17.0. The van der Waals surface area contributed by atoms with Crippen LogP contribution in [0.25, 0.3) is 0 Å². The van der Waals surface area contributed by atoms with Crippen molar-refractivity contribution in [1.29, 1.82) is 0 Å². The Bertz CT molecular complexity index is 1190. The van der Waals surface area contributed by atoms with Gasteiger partial charge < -0.3 is 20.2 Å². The van der Waals surface area contributed by atoms with E-state index in [2.05, 4.69) is 10.4 Å². The normalized spacial score (nSPS) is 10.5. The summed E-state index contributed by atoms with van der Waals surface area (Å²) in [5, 5.41) is 28.2. The number of aromatic nitrogens is 2. The lowest BCUT2D eigenvalue weighted by Gasteiger charge is -2.13. The molecule has 11 nitrogen and oxygen atoms in total. The molecule has 11 heteroatoms. The van der Waals surface area contributed by atoms with Crippen molar-refractivity contribution in [2.75, 3.05) is 5.32 Å². The van der Waals surface area contributed by atoms with Crippen molar-refractivity contribution >= 4 is 23.1 Å². The van der Waals surface area contributed by atoms with E-state index in [1.807, 2.05) is 32.9 Å². The Morgan fingerprint density at radius 1 is 1.10 bits per heavy atom. The molecule has 1 aromatic heterocycles. The Labute approximate surface area is 176 Å². The Morgan fingerprint density at radius 2 is 1.84 bits per heavy atom. The number of aryl methyl sites for hydroxylation is 2. The van der Waals surface area contributed by atoms with Crippen LogP contribution < -0.4 is 10.1 Å². The summed E-state index contributed by atoms with van der Waals surface area (Å²) in [7, 11) is 0. The number of carbonyl (C=O) groups is 1. The molecule has 3 aromatic rings. The minimum atomic E-state index is -0.673. The highest BCUT2D eigenvalue weighted by molar-refractivity contribution is 5.91. The van der Waals surface area contributed by atoms with E-state index in [-0.39, 0.29) is 29.5 Å². The smallest absolute Gasteiger partial charge is 0.389 e. The van der Waals surface area contributed by atoms with Gasteiger partial charge in [-0.15, -0.1) is 0 Å². The molecule has 0 aliphatic heterocycles. The third-order valence-electron chi connectivity index (χ3n) is 4.50. The topological polar surface area (TPSA) is 142 Å². The summed E-state index contributed by atoms with van der Waals surface area (Å²) in [6.07, 6.45) is 1.29. The van der Waals surface area contributed by atoms with E-state index in [1.54, 1.807) is 0 Å². The molecule has 0 saturated carbocycles. The molecule has 0 saturated heterocycles. The first-order valence-electron chi connectivity index (χ1n) is 9.15. The largest absolute Gasteiger partial charge is 0.457 e. The molecule has 0 spiro atoms. The van der Waals surface area contributed by atoms with Gasteiger partial charge in [-0.25, -0.2) is 0 Å². The van der Waals surface area contributed by atoms with E-state index in [9.17, 15) is 25.0 Å². The molecule has 0 radical (unpaired) electrons. The van der Waals surface area contributed by atoms with Gasteiger partial charge in [0.15, 0.2) is 0 Å². The third-order valence-corrected chi connectivity index (χ3v) is 4.50. The molecule has 160 valence electrons. The lowest BCUT2D eigenvalue weighted by molar-refractivity contribution is -0.389. The van der Waals surface area contributed by atoms with Crippen molar-refractivity contribution in [1.82, 2.24) is 9.78 Å². The summed E-state index contributed by atoms with van der Waals surface area (Å²) in [6, 6.07) is 8.92. The highest BCUT2D eigenvalue weighted by Gasteiger charge is 2.17. The second-order valence-corrected chi connectivity index (χ2v) is 6.96. The first-order chi connectivity index (χ1) is 14.6. The molecule has 1 N–H and O–H groups in total. The number of carbonyl (C=O) groups excluding carboxylic acids is 1. The quantitative estimate of drug-likeness (QED) is 0.444. The maximum Gasteiger partial charge on any atom is 0.389 e. The Balaban J connectivity index is 1.83. The minimum absolute atomic E-state index is 0.151. The van der Waals surface area contributed by atoms with E-state index in [1.165, 1.54) is 30.5 Å². The monoisotopic (exact) mass is 425 g/mol. The maximum absolute atomic E-state index is 12.3. The summed E-state index contributed by atoms with van der Waals surface area (Å²) in [6.45, 7) is 5.43. The van der Waals surface area contributed by atoms with Crippen LogP contribution in [0.3, 0.4) is 0 Å². The third kappa shape index (κ3) is 5.21. The van der Waals surface area contributed by atoms with Gasteiger partial charge in [0.05, 0.1) is 34.0 Å². The van der Waals surface area contributed by atoms with Crippen LogP contribution in [0.2, 0.25) is 0 Å². The predicted molar refractivity (Wildman–Crippen MR) is 111 cm³/mol. The van der Waals surface area contributed by atoms with Gasteiger partial charge in [0.25, 0.3) is 5.69 Å². The van der Waals surface area contributed by atoms with Gasteiger partial charge in [-0.1, -0.05) is 6.07 Å². The van der Waals surface area contributed by atoms with E-state index in [0.717, 1.165) is 21.4 Å². The first kappa shape index (κ1) is 21.4. The van der Waals surface area contributed by atoms with E-state index < -0.39 is 15.8 Å². The summed E-state index contributed by atoms with van der Waals surface area (Å²) < 4.78 is 6.98. The van der Waals surface area contributed by atoms with E-state index in [4.69, 9.17) is 4.74 Å². The minimum Gasteiger partial charge on any atom is -0.457 e. The van der Waals surface area contributed by atoms with Gasteiger partial charge in [0.1, 0.15) is 18.0 Å². The van der Waals surface area contributed by atoms with Gasteiger partial charge in [-0.3, -0.25) is 14.9 Å². The number of benzene rings is 2. The average molecular weight is 425 g/mol. The van der Waals surface area contributed by atoms with Crippen LogP contribution >= 0.6 is 0 Å². The number of nitro benzene ring substituents is 1. The molecule has 31 heavy (non-hydrogen) atoms. The summed E-state index contributed by atoms with van der Waals surface area (Å²) in [5.74, 6) is -0.207. The summed E-state index contributed by atoms with van der Waals surface area (Å²) >= 11 is 0. The lowest BCUT2D eigenvalue weighted by atomic mass is 10.1. The van der Waals surface area contributed by atoms with Gasteiger partial charge in [0, 0.05) is 12.1 Å². The number of hydrogen-bond acceptors (Lipinski definition) is 7. The molecular weight excluding hydrogens is 406 g/mol. The molecule has 3 rings (SSSR count). The van der Waals surface area contributed by atoms with E-state index >= 15 is 0 Å². The number of nitrogens with one attached hydrogen (secondary N) is 1. The van der Waals surface area contributed by atoms with Crippen molar-refractivity contribution in [3.63, 3.8) is 0 Å². The highest BCUT2D eigenvalue weighted by Crippen LogP contribution is 2.33. The molecule has 0 atom stereocenters. The summed E-state index contributed by atoms with van der Waals surface area (Å²) in [4.78, 5) is 33.1. The van der Waals surface area contributed by atoms with Crippen molar-refractivity contribution < 1.29 is 19.4 Å². The number of non-ortho nitro benzene ring substituents is 1. The van der Waals surface area contributed by atoms with Crippen LogP contribution in [-0.2, 0) is 11.3 Å². The molecule has 0 fully saturated rings. The van der Waals surface area contributed by atoms with Crippen molar-refractivity contribution in [2.24, 2.45) is 0 Å². The number of ether oxygens (including phenoxy) is 1. The van der Waals surface area contributed by atoms with Crippen LogP contribution in [0.15, 0.2) is 42.6 Å². The number of amides is 1. The Morgan fingerprint density at radius 3 is 2.48 bits per heavy atom. The van der Waals surface area contributed by atoms with Crippen LogP contribution in [0.5, 0.6) is 11.5 Å². The highest BCUT2D eigenvalue weighted by atomic mass is 16.6. The lowest BCUT2D eigenvalue weighted by Crippen LogP contribution is -2.19. The molecule has 0 unspecified atom stereocenters. The molecule has 2 aromatic carbocycles. The number of nitro groups is 2. The van der Waals surface area contributed by atoms with Crippen LogP contribution in [0.4, 0.5) is 17.2 Å². The Hall–Kier alpha value is -4.28. The fourth-order valence-corrected chi connectivity index (χ4v) is 2.94. The SMILES string of the molecule is Cc1cc(C)c(C)c(Oc2cc(NC(=O)Cn3ccc([N+](=O)[O-])n3)cc([N+](=O)[O-])c2)c1. The van der Waals surface area contributed by atoms with Gasteiger partial charge in [-0.05, 0) is 48.5 Å². The second-order valence-electron chi connectivity index (χ2n) is 6.96. The summed E-state index contributed by atoms with van der Waals surface area (Å²) in [5.41, 5.74) is 2.78. The number of hydrogen-bond donors (Lipinski definition) is 1. The van der Waals surface area contributed by atoms with Crippen LogP contribution in [0.1, 0.15) is 16.7 Å². The van der Waals surface area contributed by atoms with Crippen molar-refractivity contribution in [3.05, 3.63) is 79.5 Å². The fourth-order valence-electron chi connectivity index (χ4n) is 2.94. The molecular formula is C20H19N5O6. The number of nitrogens with zero attached hydrogens (tertiary/aromatic N) is 4. The predicted octanol–water partition coefficient (Wildman–Crippen LogP) is 4.06. The van der Waals surface area contributed by atoms with Gasteiger partial charge in [0.2, 0.25) is 5.91 Å². The van der Waals surface area contributed by atoms with Crippen molar-refractivity contribution in [2.45, 2.75) is 27.3 Å². The van der Waals surface area contributed by atoms with Crippen molar-refractivity contribution in [3.8, 4) is 11.5 Å². The average Bonchev–Trinajstić information content (AvgIpc) is 3.14. The van der Waals surface area contributed by atoms with Crippen LogP contribution in [-0.4, -0.2) is 25.5 Å². The second kappa shape index (κ2) is 8.61. The molecule has 0 aliphatic carbocycles. The fraction of sp³-hybridized carbons (Fsp3) is 0.200. The molecule has 0 aliphatic rings. The first-order valence-corrected chi connectivity index (χ1v) is 9.15. The zero-order chi connectivity index (χ0) is 22.7. The van der Waals surface area contributed by atoms with Crippen LogP contribution in [0, 0.1) is 41.0 Å². The van der Waals surface area contributed by atoms with E-state index in [0.29, 0.717) is 5.75 Å².